The summed E-state index contributed by atoms with van der Waals surface area (Å²) in [5, 5.41) is 11.7. The Kier molecular flexibility index (Phi) is 4.19. The highest BCUT2D eigenvalue weighted by molar-refractivity contribution is 7.80. The van der Waals surface area contributed by atoms with Crippen LogP contribution in [0, 0.1) is 0 Å². The van der Waals surface area contributed by atoms with Gasteiger partial charge in [-0.2, -0.15) is 12.6 Å². The summed E-state index contributed by atoms with van der Waals surface area (Å²) in [5.74, 6) is -0.642. The van der Waals surface area contributed by atoms with Crippen LogP contribution in [0.2, 0.25) is 0 Å². The summed E-state index contributed by atoms with van der Waals surface area (Å²) in [6.45, 7) is 0. The molecule has 0 aliphatic heterocycles. The van der Waals surface area contributed by atoms with Gasteiger partial charge in [-0.05, 0) is 24.0 Å². The molecule has 0 fully saturated rings. The van der Waals surface area contributed by atoms with Crippen LogP contribution in [0.3, 0.4) is 0 Å². The first kappa shape index (κ1) is 12.4. The topological polar surface area (TPSA) is 92.4 Å². The lowest BCUT2D eigenvalue weighted by molar-refractivity contribution is -0.115. The van der Waals surface area contributed by atoms with E-state index in [9.17, 15) is 14.7 Å². The number of carbonyl (C=O) groups is 2. The van der Waals surface area contributed by atoms with Gasteiger partial charge in [0.15, 0.2) is 0 Å². The molecule has 0 saturated heterocycles. The molecule has 0 bridgehead atoms. The standard InChI is InChI=1S/C10H12N2O3S/c11-10(15)7-5-6(13)1-2-8(7)12-9(14)3-4-16/h1-2,5,13,16H,3-4H2,(H2,11,15)(H,12,14). The number of hydrogen-bond donors (Lipinski definition) is 4. The van der Waals surface area contributed by atoms with Crippen LogP contribution in [-0.2, 0) is 4.79 Å². The van der Waals surface area contributed by atoms with Gasteiger partial charge >= 0.3 is 0 Å². The average Bonchev–Trinajstić information content (AvgIpc) is 2.20. The van der Waals surface area contributed by atoms with Crippen LogP contribution < -0.4 is 11.1 Å². The van der Waals surface area contributed by atoms with Crippen molar-refractivity contribution in [3.05, 3.63) is 23.8 Å². The number of thiol groups is 1. The van der Waals surface area contributed by atoms with Gasteiger partial charge in [0, 0.05) is 6.42 Å². The maximum absolute atomic E-state index is 11.3. The molecule has 2 amide bonds. The van der Waals surface area contributed by atoms with Crippen LogP contribution >= 0.6 is 12.6 Å². The summed E-state index contributed by atoms with van der Waals surface area (Å²) >= 11 is 3.92. The van der Waals surface area contributed by atoms with E-state index in [4.69, 9.17) is 5.73 Å². The molecular formula is C10H12N2O3S. The Morgan fingerprint density at radius 2 is 2.12 bits per heavy atom. The third-order valence-electron chi connectivity index (χ3n) is 1.88. The Labute approximate surface area is 98.1 Å². The molecular weight excluding hydrogens is 228 g/mol. The zero-order valence-electron chi connectivity index (χ0n) is 8.43. The van der Waals surface area contributed by atoms with Crippen molar-refractivity contribution in [3.63, 3.8) is 0 Å². The van der Waals surface area contributed by atoms with Gasteiger partial charge in [-0.15, -0.1) is 0 Å². The number of aromatic hydroxyl groups is 1. The molecule has 0 aliphatic carbocycles. The average molecular weight is 240 g/mol. The molecule has 0 atom stereocenters. The summed E-state index contributed by atoms with van der Waals surface area (Å²) in [5.41, 5.74) is 5.48. The first-order chi connectivity index (χ1) is 7.54. The zero-order chi connectivity index (χ0) is 12.1. The van der Waals surface area contributed by atoms with Gasteiger partial charge in [-0.3, -0.25) is 9.59 Å². The highest BCUT2D eigenvalue weighted by Gasteiger charge is 2.11. The third kappa shape index (κ3) is 3.16. The highest BCUT2D eigenvalue weighted by Crippen LogP contribution is 2.20. The number of carbonyl (C=O) groups excluding carboxylic acids is 2. The molecule has 16 heavy (non-hydrogen) atoms. The summed E-state index contributed by atoms with van der Waals surface area (Å²) < 4.78 is 0. The second-order valence-electron chi connectivity index (χ2n) is 3.12. The van der Waals surface area contributed by atoms with E-state index in [0.717, 1.165) is 0 Å². The van der Waals surface area contributed by atoms with Crippen LogP contribution in [0.25, 0.3) is 0 Å². The Morgan fingerprint density at radius 3 is 2.69 bits per heavy atom. The van der Waals surface area contributed by atoms with Crippen molar-refractivity contribution >= 4 is 30.1 Å². The van der Waals surface area contributed by atoms with Gasteiger partial charge < -0.3 is 16.2 Å². The number of hydrogen-bond acceptors (Lipinski definition) is 4. The van der Waals surface area contributed by atoms with E-state index in [0.29, 0.717) is 5.75 Å². The van der Waals surface area contributed by atoms with Crippen LogP contribution in [0.4, 0.5) is 5.69 Å². The number of amides is 2. The minimum Gasteiger partial charge on any atom is -0.508 e. The van der Waals surface area contributed by atoms with Crippen LogP contribution in [-0.4, -0.2) is 22.7 Å². The molecule has 1 rings (SSSR count). The number of phenolic OH excluding ortho intramolecular Hbond substituents is 1. The lowest BCUT2D eigenvalue weighted by Gasteiger charge is -2.08. The Hall–Kier alpha value is -1.69. The SMILES string of the molecule is NC(=O)c1cc(O)ccc1NC(=O)CCS. The highest BCUT2D eigenvalue weighted by atomic mass is 32.1. The molecule has 1 aromatic rings. The predicted molar refractivity (Wildman–Crippen MR) is 63.7 cm³/mol. The summed E-state index contributed by atoms with van der Waals surface area (Å²) in [6.07, 6.45) is 0.238. The van der Waals surface area contributed by atoms with E-state index in [1.807, 2.05) is 0 Å². The number of phenols is 1. The fourth-order valence-electron chi connectivity index (χ4n) is 1.16. The molecule has 86 valence electrons. The molecule has 5 nitrogen and oxygen atoms in total. The molecule has 0 spiro atoms. The third-order valence-corrected chi connectivity index (χ3v) is 2.11. The predicted octanol–water partition coefficient (Wildman–Crippen LogP) is 0.749. The van der Waals surface area contributed by atoms with E-state index in [-0.39, 0.29) is 29.3 Å². The van der Waals surface area contributed by atoms with Crippen molar-refractivity contribution in [2.75, 3.05) is 11.1 Å². The summed E-state index contributed by atoms with van der Waals surface area (Å²) in [7, 11) is 0. The van der Waals surface area contributed by atoms with Crippen molar-refractivity contribution in [3.8, 4) is 5.75 Å². The second-order valence-corrected chi connectivity index (χ2v) is 3.56. The van der Waals surface area contributed by atoms with E-state index < -0.39 is 5.91 Å². The van der Waals surface area contributed by atoms with Crippen LogP contribution in [0.5, 0.6) is 5.75 Å². The normalized spacial score (nSPS) is 9.81. The van der Waals surface area contributed by atoms with Crippen molar-refractivity contribution in [2.45, 2.75) is 6.42 Å². The van der Waals surface area contributed by atoms with Crippen molar-refractivity contribution in [1.29, 1.82) is 0 Å². The maximum Gasteiger partial charge on any atom is 0.250 e. The number of benzene rings is 1. The number of primary amides is 1. The fraction of sp³-hybridized carbons (Fsp3) is 0.200. The zero-order valence-corrected chi connectivity index (χ0v) is 9.33. The van der Waals surface area contributed by atoms with E-state index >= 15 is 0 Å². The lowest BCUT2D eigenvalue weighted by atomic mass is 10.1. The van der Waals surface area contributed by atoms with Gasteiger partial charge in [-0.25, -0.2) is 0 Å². The molecule has 0 aliphatic rings. The monoisotopic (exact) mass is 240 g/mol. The van der Waals surface area contributed by atoms with Crippen molar-refractivity contribution in [2.24, 2.45) is 5.73 Å². The summed E-state index contributed by atoms with van der Waals surface area (Å²) in [6, 6.07) is 3.99. The lowest BCUT2D eigenvalue weighted by Crippen LogP contribution is -2.18. The van der Waals surface area contributed by atoms with Gasteiger partial charge in [0.25, 0.3) is 5.91 Å². The van der Waals surface area contributed by atoms with E-state index in [1.165, 1.54) is 18.2 Å². The maximum atomic E-state index is 11.3. The van der Waals surface area contributed by atoms with Gasteiger partial charge in [0.2, 0.25) is 5.91 Å². The minimum atomic E-state index is -0.711. The van der Waals surface area contributed by atoms with Crippen molar-refractivity contribution < 1.29 is 14.7 Å². The Morgan fingerprint density at radius 1 is 1.44 bits per heavy atom. The summed E-state index contributed by atoms with van der Waals surface area (Å²) in [4.78, 5) is 22.4. The number of nitrogens with one attached hydrogen (secondary N) is 1. The number of anilines is 1. The van der Waals surface area contributed by atoms with E-state index in [2.05, 4.69) is 17.9 Å². The van der Waals surface area contributed by atoms with Crippen LogP contribution in [0.15, 0.2) is 18.2 Å². The van der Waals surface area contributed by atoms with Crippen molar-refractivity contribution in [1.82, 2.24) is 0 Å². The largest absolute Gasteiger partial charge is 0.508 e. The van der Waals surface area contributed by atoms with Crippen LogP contribution in [0.1, 0.15) is 16.8 Å². The second kappa shape index (κ2) is 5.41. The molecule has 0 aromatic heterocycles. The molecule has 0 radical (unpaired) electrons. The first-order valence-electron chi connectivity index (χ1n) is 4.58. The fourth-order valence-corrected chi connectivity index (χ4v) is 1.36. The van der Waals surface area contributed by atoms with E-state index in [1.54, 1.807) is 0 Å². The molecule has 6 heteroatoms. The van der Waals surface area contributed by atoms with Gasteiger partial charge in [0.05, 0.1) is 11.3 Å². The van der Waals surface area contributed by atoms with Gasteiger partial charge in [0.1, 0.15) is 5.75 Å². The molecule has 0 saturated carbocycles. The molecule has 0 heterocycles. The minimum absolute atomic E-state index is 0.0764. The smallest absolute Gasteiger partial charge is 0.250 e. The Balaban J connectivity index is 2.95. The quantitative estimate of drug-likeness (QED) is 0.462. The van der Waals surface area contributed by atoms with Gasteiger partial charge in [-0.1, -0.05) is 0 Å². The first-order valence-corrected chi connectivity index (χ1v) is 5.21. The molecule has 0 unspecified atom stereocenters. The number of nitrogens with two attached hydrogens (primary N) is 1. The Bertz CT molecular complexity index is 421. The molecule has 1 aromatic carbocycles. The molecule has 4 N–H and O–H groups in total. The number of rotatable bonds is 4.